The van der Waals surface area contributed by atoms with Crippen LogP contribution >= 0.6 is 0 Å². The molecule has 1 aromatic heterocycles. The van der Waals surface area contributed by atoms with Crippen molar-refractivity contribution in [2.24, 2.45) is 5.73 Å². The number of pyridine rings is 1. The molecule has 140 valence electrons. The van der Waals surface area contributed by atoms with Crippen molar-refractivity contribution >= 4 is 16.8 Å². The van der Waals surface area contributed by atoms with Crippen molar-refractivity contribution in [2.75, 3.05) is 6.61 Å². The second-order valence-electron chi connectivity index (χ2n) is 7.19. The molecule has 3 rings (SSSR count). The van der Waals surface area contributed by atoms with Crippen LogP contribution in [0.1, 0.15) is 30.6 Å². The smallest absolute Gasteiger partial charge is 0.276 e. The van der Waals surface area contributed by atoms with E-state index in [1.165, 1.54) is 6.20 Å². The van der Waals surface area contributed by atoms with Gasteiger partial charge in [0.25, 0.3) is 5.91 Å². The van der Waals surface area contributed by atoms with Crippen LogP contribution in [-0.4, -0.2) is 28.2 Å². The molecule has 6 heteroatoms. The quantitative estimate of drug-likeness (QED) is 0.459. The predicted octanol–water partition coefficient (Wildman–Crippen LogP) is 3.53. The zero-order valence-electron chi connectivity index (χ0n) is 15.4. The van der Waals surface area contributed by atoms with E-state index in [0.29, 0.717) is 12.2 Å². The summed E-state index contributed by atoms with van der Waals surface area (Å²) in [4.78, 5) is 15.9. The number of amides is 1. The minimum absolute atomic E-state index is 0.262. The van der Waals surface area contributed by atoms with E-state index in [-0.39, 0.29) is 5.54 Å². The van der Waals surface area contributed by atoms with E-state index in [1.807, 2.05) is 56.3 Å². The molecule has 1 heterocycles. The van der Waals surface area contributed by atoms with Gasteiger partial charge in [-0.05, 0) is 61.7 Å². The van der Waals surface area contributed by atoms with Gasteiger partial charge in [0.15, 0.2) is 0 Å². The van der Waals surface area contributed by atoms with Crippen LogP contribution in [0.2, 0.25) is 0 Å². The third kappa shape index (κ3) is 4.81. The number of nitrogens with zero attached hydrogens (tertiary/aromatic N) is 1. The number of benzene rings is 2. The molecule has 27 heavy (non-hydrogen) atoms. The number of carbonyl (C=O) groups excluding carboxylic acids is 1. The van der Waals surface area contributed by atoms with Crippen molar-refractivity contribution in [2.45, 2.75) is 25.8 Å². The first-order valence-electron chi connectivity index (χ1n) is 8.72. The molecule has 0 fully saturated rings. The van der Waals surface area contributed by atoms with E-state index >= 15 is 0 Å². The van der Waals surface area contributed by atoms with Gasteiger partial charge in [-0.15, -0.1) is 0 Å². The fraction of sp³-hybridized carbons (Fsp3) is 0.238. The highest BCUT2D eigenvalue weighted by Gasteiger charge is 2.11. The highest BCUT2D eigenvalue weighted by molar-refractivity contribution is 5.97. The summed E-state index contributed by atoms with van der Waals surface area (Å²) in [5.41, 5.74) is 10.4. The average Bonchev–Trinajstić information content (AvgIpc) is 2.65. The Morgan fingerprint density at radius 1 is 1.19 bits per heavy atom. The zero-order chi connectivity index (χ0) is 19.4. The molecule has 0 aliphatic heterocycles. The zero-order valence-corrected chi connectivity index (χ0v) is 15.4. The van der Waals surface area contributed by atoms with Crippen LogP contribution in [0.3, 0.4) is 0 Å². The molecule has 0 bridgehead atoms. The van der Waals surface area contributed by atoms with Gasteiger partial charge in [-0.25, -0.2) is 5.48 Å². The summed E-state index contributed by atoms with van der Waals surface area (Å²) >= 11 is 0. The monoisotopic (exact) mass is 365 g/mol. The Balaban J connectivity index is 1.86. The molecule has 0 aliphatic rings. The second kappa shape index (κ2) is 7.73. The molecule has 0 atom stereocenters. The number of carbonyl (C=O) groups is 1. The number of fused-ring (bicyclic) bond motifs is 1. The van der Waals surface area contributed by atoms with Gasteiger partial charge in [-0.2, -0.15) is 0 Å². The van der Waals surface area contributed by atoms with Gasteiger partial charge in [0, 0.05) is 17.1 Å². The Bertz CT molecular complexity index is 964. The molecule has 2 aromatic carbocycles. The van der Waals surface area contributed by atoms with Crippen LogP contribution in [0.5, 0.6) is 5.75 Å². The summed E-state index contributed by atoms with van der Waals surface area (Å²) in [5.74, 6) is 0.191. The Morgan fingerprint density at radius 3 is 2.70 bits per heavy atom. The topological polar surface area (TPSA) is 97.5 Å². The lowest BCUT2D eigenvalue weighted by Gasteiger charge is -2.18. The molecule has 0 aliphatic carbocycles. The first-order chi connectivity index (χ1) is 12.9. The largest absolute Gasteiger partial charge is 0.494 e. The lowest BCUT2D eigenvalue weighted by Crippen LogP contribution is -2.33. The molecule has 0 unspecified atom stereocenters. The Morgan fingerprint density at radius 2 is 1.96 bits per heavy atom. The number of ether oxygens (including phenoxy) is 1. The fourth-order valence-electron chi connectivity index (χ4n) is 2.70. The molecular weight excluding hydrogens is 342 g/mol. The van der Waals surface area contributed by atoms with Crippen molar-refractivity contribution in [3.05, 3.63) is 60.3 Å². The molecule has 4 N–H and O–H groups in total. The van der Waals surface area contributed by atoms with E-state index in [1.54, 1.807) is 11.5 Å². The minimum atomic E-state index is -0.590. The van der Waals surface area contributed by atoms with Gasteiger partial charge >= 0.3 is 0 Å². The van der Waals surface area contributed by atoms with Gasteiger partial charge in [0.2, 0.25) is 0 Å². The van der Waals surface area contributed by atoms with Crippen LogP contribution in [-0.2, 0) is 0 Å². The van der Waals surface area contributed by atoms with Crippen LogP contribution in [0, 0.1) is 0 Å². The maximum absolute atomic E-state index is 11.6. The second-order valence-corrected chi connectivity index (χ2v) is 7.19. The van der Waals surface area contributed by atoms with Crippen LogP contribution in [0.15, 0.2) is 54.7 Å². The number of hydroxylamine groups is 1. The lowest BCUT2D eigenvalue weighted by molar-refractivity contribution is 0.0706. The number of nitrogens with two attached hydrogens (primary N) is 1. The first-order valence-corrected chi connectivity index (χ1v) is 8.72. The summed E-state index contributed by atoms with van der Waals surface area (Å²) in [6.45, 7) is 4.50. The van der Waals surface area contributed by atoms with Crippen LogP contribution in [0.25, 0.3) is 22.0 Å². The first kappa shape index (κ1) is 18.8. The van der Waals surface area contributed by atoms with Crippen molar-refractivity contribution in [1.82, 2.24) is 10.5 Å². The fourth-order valence-corrected chi connectivity index (χ4v) is 2.70. The van der Waals surface area contributed by atoms with Crippen molar-refractivity contribution < 1.29 is 14.7 Å². The third-order valence-electron chi connectivity index (χ3n) is 4.23. The van der Waals surface area contributed by atoms with E-state index in [2.05, 4.69) is 4.98 Å². The normalized spacial score (nSPS) is 11.4. The van der Waals surface area contributed by atoms with Gasteiger partial charge < -0.3 is 10.5 Å². The molecule has 6 nitrogen and oxygen atoms in total. The maximum Gasteiger partial charge on any atom is 0.276 e. The number of hydrogen-bond donors (Lipinski definition) is 3. The SMILES string of the molecule is CC(C)(N)CCOc1cccc(-c2ccc3ncc(C(=O)NO)cc3c2)c1. The van der Waals surface area contributed by atoms with Gasteiger partial charge in [0.1, 0.15) is 5.75 Å². The summed E-state index contributed by atoms with van der Waals surface area (Å²) in [6, 6.07) is 15.4. The van der Waals surface area contributed by atoms with Crippen molar-refractivity contribution in [3.63, 3.8) is 0 Å². The van der Waals surface area contributed by atoms with Crippen LogP contribution in [0.4, 0.5) is 0 Å². The standard InChI is InChI=1S/C21H23N3O3/c1-21(2,22)8-9-27-18-5-3-4-14(12-18)15-6-7-19-16(10-15)11-17(13-23-19)20(25)24-26/h3-7,10-13,26H,8-9,22H2,1-2H3,(H,24,25). The Labute approximate surface area is 157 Å². The molecule has 0 saturated carbocycles. The third-order valence-corrected chi connectivity index (χ3v) is 4.23. The van der Waals surface area contributed by atoms with E-state index < -0.39 is 5.91 Å². The van der Waals surface area contributed by atoms with Crippen LogP contribution < -0.4 is 16.0 Å². The molecular formula is C21H23N3O3. The highest BCUT2D eigenvalue weighted by Crippen LogP contribution is 2.27. The van der Waals surface area contributed by atoms with E-state index in [4.69, 9.17) is 15.7 Å². The number of hydrogen-bond acceptors (Lipinski definition) is 5. The average molecular weight is 365 g/mol. The Kier molecular flexibility index (Phi) is 5.39. The Hall–Kier alpha value is -2.96. The minimum Gasteiger partial charge on any atom is -0.494 e. The molecule has 0 radical (unpaired) electrons. The highest BCUT2D eigenvalue weighted by atomic mass is 16.5. The maximum atomic E-state index is 11.6. The van der Waals surface area contributed by atoms with E-state index in [0.717, 1.165) is 34.2 Å². The van der Waals surface area contributed by atoms with Gasteiger partial charge in [0.05, 0.1) is 17.7 Å². The van der Waals surface area contributed by atoms with E-state index in [9.17, 15) is 4.79 Å². The summed E-state index contributed by atoms with van der Waals surface area (Å²) in [6.07, 6.45) is 2.19. The molecule has 0 spiro atoms. The molecule has 1 amide bonds. The van der Waals surface area contributed by atoms with Crippen molar-refractivity contribution in [1.29, 1.82) is 0 Å². The molecule has 3 aromatic rings. The predicted molar refractivity (Wildman–Crippen MR) is 105 cm³/mol. The summed E-state index contributed by atoms with van der Waals surface area (Å²) in [7, 11) is 0. The van der Waals surface area contributed by atoms with Gasteiger partial charge in [-0.1, -0.05) is 18.2 Å². The molecule has 0 saturated heterocycles. The number of aromatic nitrogens is 1. The summed E-state index contributed by atoms with van der Waals surface area (Å²) < 4.78 is 5.82. The number of nitrogens with one attached hydrogen (secondary N) is 1. The van der Waals surface area contributed by atoms with Gasteiger partial charge in [-0.3, -0.25) is 15.0 Å². The lowest BCUT2D eigenvalue weighted by atomic mass is 10.0. The summed E-state index contributed by atoms with van der Waals surface area (Å²) in [5, 5.41) is 9.61. The van der Waals surface area contributed by atoms with Crippen molar-refractivity contribution in [3.8, 4) is 16.9 Å². The number of rotatable bonds is 6.